The van der Waals surface area contributed by atoms with Crippen LogP contribution in [0.3, 0.4) is 0 Å². The minimum Gasteiger partial charge on any atom is -0.322 e. The maximum Gasteiger partial charge on any atom is 0.258 e. The molecule has 1 amide bonds. The maximum absolute atomic E-state index is 13.8. The molecule has 0 bridgehead atoms. The van der Waals surface area contributed by atoms with Crippen LogP contribution in [0.25, 0.3) is 21.8 Å². The van der Waals surface area contributed by atoms with Crippen LogP contribution in [0.2, 0.25) is 0 Å². The fraction of sp³-hybridized carbons (Fsp3) is 0. The summed E-state index contributed by atoms with van der Waals surface area (Å²) in [6.07, 6.45) is 3.40. The van der Waals surface area contributed by atoms with E-state index in [9.17, 15) is 18.0 Å². The summed E-state index contributed by atoms with van der Waals surface area (Å²) in [5.41, 5.74) is 2.11. The van der Waals surface area contributed by atoms with E-state index in [1.54, 1.807) is 30.6 Å². The lowest BCUT2D eigenvalue weighted by Gasteiger charge is -2.08. The molecule has 0 aliphatic heterocycles. The molecule has 2 aromatic heterocycles. The molecule has 0 saturated heterocycles. The predicted molar refractivity (Wildman–Crippen MR) is 105 cm³/mol. The molecule has 0 aliphatic rings. The summed E-state index contributed by atoms with van der Waals surface area (Å²) in [6, 6.07) is 12.1. The van der Waals surface area contributed by atoms with E-state index in [-0.39, 0.29) is 0 Å². The Bertz CT molecular complexity index is 1200. The van der Waals surface area contributed by atoms with Gasteiger partial charge >= 0.3 is 0 Å². The minimum atomic E-state index is -1.68. The number of aromatic nitrogens is 2. The molecule has 4 aromatic rings. The Morgan fingerprint density at radius 3 is 2.59 bits per heavy atom. The third-order valence-corrected chi connectivity index (χ3v) is 5.00. The number of carbonyl (C=O) groups is 1. The fourth-order valence-electron chi connectivity index (χ4n) is 2.68. The predicted octanol–water partition coefficient (Wildman–Crippen LogP) is 5.54. The molecule has 0 atom stereocenters. The first-order chi connectivity index (χ1) is 14.0. The highest BCUT2D eigenvalue weighted by Gasteiger charge is 2.19. The highest BCUT2D eigenvalue weighted by Crippen LogP contribution is 2.29. The number of thiazole rings is 1. The molecule has 1 N–H and O–H groups in total. The van der Waals surface area contributed by atoms with Gasteiger partial charge in [-0.3, -0.25) is 9.78 Å². The summed E-state index contributed by atoms with van der Waals surface area (Å²) in [6.45, 7) is 0. The summed E-state index contributed by atoms with van der Waals surface area (Å²) < 4.78 is 40.3. The summed E-state index contributed by atoms with van der Waals surface area (Å²) in [4.78, 5) is 20.9. The quantitative estimate of drug-likeness (QED) is 0.449. The van der Waals surface area contributed by atoms with Gasteiger partial charge in [-0.1, -0.05) is 12.1 Å². The molecular formula is C21H12F3N3OS. The number of pyridine rings is 1. The Labute approximate surface area is 167 Å². The lowest BCUT2D eigenvalue weighted by Crippen LogP contribution is -2.15. The highest BCUT2D eigenvalue weighted by atomic mass is 32.1. The smallest absolute Gasteiger partial charge is 0.258 e. The first kappa shape index (κ1) is 18.8. The van der Waals surface area contributed by atoms with Gasteiger partial charge in [0.2, 0.25) is 0 Å². The molecule has 29 heavy (non-hydrogen) atoms. The normalized spacial score (nSPS) is 10.7. The van der Waals surface area contributed by atoms with E-state index in [2.05, 4.69) is 15.3 Å². The molecule has 0 spiro atoms. The van der Waals surface area contributed by atoms with Crippen molar-refractivity contribution in [2.75, 3.05) is 5.32 Å². The van der Waals surface area contributed by atoms with E-state index < -0.39 is 28.9 Å². The van der Waals surface area contributed by atoms with Crippen molar-refractivity contribution in [1.82, 2.24) is 9.97 Å². The molecule has 144 valence electrons. The number of halogens is 3. The van der Waals surface area contributed by atoms with Crippen LogP contribution in [0.15, 0.2) is 66.3 Å². The highest BCUT2D eigenvalue weighted by molar-refractivity contribution is 7.13. The molecule has 0 fully saturated rings. The molecular weight excluding hydrogens is 399 g/mol. The van der Waals surface area contributed by atoms with Crippen molar-refractivity contribution in [3.63, 3.8) is 0 Å². The van der Waals surface area contributed by atoms with Crippen LogP contribution < -0.4 is 5.32 Å². The van der Waals surface area contributed by atoms with Gasteiger partial charge in [0.05, 0.1) is 11.3 Å². The lowest BCUT2D eigenvalue weighted by molar-refractivity contribution is 0.102. The zero-order valence-electron chi connectivity index (χ0n) is 14.7. The van der Waals surface area contributed by atoms with Crippen LogP contribution in [0.1, 0.15) is 10.4 Å². The number of carbonyl (C=O) groups excluding carboxylic acids is 1. The van der Waals surface area contributed by atoms with Gasteiger partial charge in [-0.2, -0.15) is 0 Å². The van der Waals surface area contributed by atoms with Gasteiger partial charge in [0.15, 0.2) is 17.5 Å². The van der Waals surface area contributed by atoms with Crippen molar-refractivity contribution in [3.8, 4) is 21.8 Å². The third kappa shape index (κ3) is 3.88. The van der Waals surface area contributed by atoms with Crippen LogP contribution >= 0.6 is 11.3 Å². The second-order valence-electron chi connectivity index (χ2n) is 6.04. The van der Waals surface area contributed by atoms with E-state index in [1.807, 2.05) is 23.6 Å². The summed E-state index contributed by atoms with van der Waals surface area (Å²) in [5, 5.41) is 5.16. The Morgan fingerprint density at radius 1 is 0.966 bits per heavy atom. The molecule has 0 radical (unpaired) electrons. The van der Waals surface area contributed by atoms with E-state index in [4.69, 9.17) is 0 Å². The standard InChI is InChI=1S/C21H12F3N3OS/c22-16-7-6-15(18(23)19(16)24)20(28)26-14-5-1-3-12(9-14)17-11-29-21(27-17)13-4-2-8-25-10-13/h1-11H,(H,26,28). The zero-order valence-corrected chi connectivity index (χ0v) is 15.5. The number of amides is 1. The number of rotatable bonds is 4. The van der Waals surface area contributed by atoms with Gasteiger partial charge < -0.3 is 5.32 Å². The second kappa shape index (κ2) is 7.84. The lowest BCUT2D eigenvalue weighted by atomic mass is 10.1. The number of nitrogens with one attached hydrogen (secondary N) is 1. The zero-order chi connectivity index (χ0) is 20.4. The number of anilines is 1. The van der Waals surface area contributed by atoms with Gasteiger partial charge in [0.1, 0.15) is 5.01 Å². The van der Waals surface area contributed by atoms with Crippen LogP contribution in [0, 0.1) is 17.5 Å². The van der Waals surface area contributed by atoms with Gasteiger partial charge in [-0.25, -0.2) is 18.2 Å². The monoisotopic (exact) mass is 411 g/mol. The first-order valence-corrected chi connectivity index (χ1v) is 9.32. The van der Waals surface area contributed by atoms with E-state index >= 15 is 0 Å². The molecule has 4 rings (SSSR count). The molecule has 0 aliphatic carbocycles. The average Bonchev–Trinajstić information content (AvgIpc) is 3.23. The number of benzene rings is 2. The Kier molecular flexibility index (Phi) is 5.09. The Balaban J connectivity index is 1.58. The van der Waals surface area contributed by atoms with Gasteiger partial charge in [0.25, 0.3) is 5.91 Å². The molecule has 0 unspecified atom stereocenters. The van der Waals surface area contributed by atoms with Crippen molar-refractivity contribution in [3.05, 3.63) is 89.3 Å². The minimum absolute atomic E-state index is 0.368. The SMILES string of the molecule is O=C(Nc1cccc(-c2csc(-c3cccnc3)n2)c1)c1ccc(F)c(F)c1F. The third-order valence-electron chi connectivity index (χ3n) is 4.11. The Morgan fingerprint density at radius 2 is 1.79 bits per heavy atom. The fourth-order valence-corrected chi connectivity index (χ4v) is 3.50. The molecule has 0 saturated carbocycles. The largest absolute Gasteiger partial charge is 0.322 e. The number of nitrogens with zero attached hydrogens (tertiary/aromatic N) is 2. The van der Waals surface area contributed by atoms with Crippen molar-refractivity contribution in [2.24, 2.45) is 0 Å². The molecule has 2 aromatic carbocycles. The molecule has 2 heterocycles. The average molecular weight is 411 g/mol. The summed E-state index contributed by atoms with van der Waals surface area (Å²) in [7, 11) is 0. The molecule has 4 nitrogen and oxygen atoms in total. The van der Waals surface area contributed by atoms with Crippen LogP contribution in [0.5, 0.6) is 0 Å². The van der Waals surface area contributed by atoms with Crippen molar-refractivity contribution in [2.45, 2.75) is 0 Å². The van der Waals surface area contributed by atoms with E-state index in [0.717, 1.165) is 22.2 Å². The number of hydrogen-bond acceptors (Lipinski definition) is 4. The van der Waals surface area contributed by atoms with E-state index in [1.165, 1.54) is 11.3 Å². The van der Waals surface area contributed by atoms with Crippen molar-refractivity contribution < 1.29 is 18.0 Å². The van der Waals surface area contributed by atoms with Crippen LogP contribution in [-0.4, -0.2) is 15.9 Å². The van der Waals surface area contributed by atoms with Gasteiger partial charge in [-0.15, -0.1) is 11.3 Å². The second-order valence-corrected chi connectivity index (χ2v) is 6.90. The van der Waals surface area contributed by atoms with E-state index in [0.29, 0.717) is 17.4 Å². The number of hydrogen-bond donors (Lipinski definition) is 1. The van der Waals surface area contributed by atoms with Crippen LogP contribution in [-0.2, 0) is 0 Å². The van der Waals surface area contributed by atoms with Crippen molar-refractivity contribution >= 4 is 22.9 Å². The first-order valence-electron chi connectivity index (χ1n) is 8.44. The van der Waals surface area contributed by atoms with Gasteiger partial charge in [-0.05, 0) is 36.4 Å². The Hall–Kier alpha value is -3.52. The van der Waals surface area contributed by atoms with Gasteiger partial charge in [0, 0.05) is 34.6 Å². The van der Waals surface area contributed by atoms with Crippen LogP contribution in [0.4, 0.5) is 18.9 Å². The van der Waals surface area contributed by atoms with Crippen molar-refractivity contribution in [1.29, 1.82) is 0 Å². The summed E-state index contributed by atoms with van der Waals surface area (Å²) >= 11 is 1.45. The maximum atomic E-state index is 13.8. The topological polar surface area (TPSA) is 54.9 Å². The molecule has 8 heteroatoms. The summed E-state index contributed by atoms with van der Waals surface area (Å²) in [5.74, 6) is -5.45.